The zero-order valence-corrected chi connectivity index (χ0v) is 9.30. The van der Waals surface area contributed by atoms with Crippen LogP contribution in [0.3, 0.4) is 0 Å². The van der Waals surface area contributed by atoms with Crippen LogP contribution in [0.25, 0.3) is 0 Å². The first-order chi connectivity index (χ1) is 7.73. The first kappa shape index (κ1) is 13.6. The van der Waals surface area contributed by atoms with Gasteiger partial charge in [-0.15, -0.1) is 5.10 Å². The number of rotatable bonds is 4. The van der Waals surface area contributed by atoms with Gasteiger partial charge >= 0.3 is 17.8 Å². The van der Waals surface area contributed by atoms with Crippen LogP contribution >= 0.6 is 11.8 Å². The highest BCUT2D eigenvalue weighted by atomic mass is 32.2. The minimum atomic E-state index is -4.83. The summed E-state index contributed by atoms with van der Waals surface area (Å²) in [6.07, 6.45) is -4.83. The summed E-state index contributed by atoms with van der Waals surface area (Å²) < 4.78 is 37.9. The summed E-state index contributed by atoms with van der Waals surface area (Å²) in [6, 6.07) is 0. The number of carbonyl (C=O) groups is 1. The van der Waals surface area contributed by atoms with E-state index in [0.717, 1.165) is 4.57 Å². The van der Waals surface area contributed by atoms with E-state index in [1.165, 1.54) is 7.05 Å². The molecule has 1 aromatic rings. The topological polar surface area (TPSA) is 88.0 Å². The van der Waals surface area contributed by atoms with E-state index in [1.54, 1.807) is 0 Å². The van der Waals surface area contributed by atoms with Crippen molar-refractivity contribution in [3.8, 4) is 0 Å². The Morgan fingerprint density at radius 3 is 2.59 bits per heavy atom. The minimum absolute atomic E-state index is 0.00509. The average Bonchev–Trinajstić information content (AvgIpc) is 2.47. The Kier molecular flexibility index (Phi) is 3.86. The van der Waals surface area contributed by atoms with Gasteiger partial charge in [0.15, 0.2) is 11.1 Å². The van der Waals surface area contributed by atoms with Crippen molar-refractivity contribution in [2.45, 2.75) is 11.3 Å². The number of hydrogen-bond donors (Lipinski definition) is 2. The van der Waals surface area contributed by atoms with Crippen molar-refractivity contribution < 1.29 is 23.1 Å². The van der Waals surface area contributed by atoms with Gasteiger partial charge in [-0.25, -0.2) is 9.89 Å². The second kappa shape index (κ2) is 4.82. The number of aromatic nitrogens is 3. The van der Waals surface area contributed by atoms with Gasteiger partial charge in [-0.2, -0.15) is 13.2 Å². The van der Waals surface area contributed by atoms with E-state index in [9.17, 15) is 22.8 Å². The highest BCUT2D eigenvalue weighted by Crippen LogP contribution is 2.30. The normalized spacial score (nSPS) is 13.6. The number of nitrogens with zero attached hydrogens (tertiary/aromatic N) is 2. The third kappa shape index (κ3) is 3.25. The van der Waals surface area contributed by atoms with Crippen LogP contribution in [0.5, 0.6) is 0 Å². The maximum Gasteiger partial charge on any atom is 0.403 e. The van der Waals surface area contributed by atoms with Gasteiger partial charge in [0.1, 0.15) is 0 Å². The molecule has 1 rings (SSSR count). The molecule has 96 valence electrons. The van der Waals surface area contributed by atoms with E-state index in [4.69, 9.17) is 5.11 Å². The third-order valence-electron chi connectivity index (χ3n) is 1.91. The molecule has 17 heavy (non-hydrogen) atoms. The lowest BCUT2D eigenvalue weighted by Crippen LogP contribution is -2.32. The number of H-pyrrole nitrogens is 1. The summed E-state index contributed by atoms with van der Waals surface area (Å²) in [5, 5.41) is 13.9. The SMILES string of the molecule is Cn1c(SCC(C(=O)O)C(F)(F)F)n[nH]c1=O. The third-order valence-corrected chi connectivity index (χ3v) is 3.03. The van der Waals surface area contributed by atoms with Gasteiger partial charge in [0, 0.05) is 12.8 Å². The van der Waals surface area contributed by atoms with Crippen LogP contribution in [0.1, 0.15) is 0 Å². The van der Waals surface area contributed by atoms with Gasteiger partial charge in [-0.3, -0.25) is 9.36 Å². The number of aliphatic carboxylic acids is 1. The monoisotopic (exact) mass is 271 g/mol. The summed E-state index contributed by atoms with van der Waals surface area (Å²) in [7, 11) is 1.32. The van der Waals surface area contributed by atoms with E-state index in [2.05, 4.69) is 5.10 Å². The molecule has 0 aliphatic rings. The van der Waals surface area contributed by atoms with E-state index in [-0.39, 0.29) is 5.16 Å². The number of thioether (sulfide) groups is 1. The molecule has 0 aliphatic carbocycles. The maximum absolute atomic E-state index is 12.3. The fourth-order valence-electron chi connectivity index (χ4n) is 0.925. The minimum Gasteiger partial charge on any atom is -0.481 e. The standard InChI is InChI=1S/C7H8F3N3O3S/c1-13-5(16)11-12-6(13)17-2-3(4(14)15)7(8,9)10/h3H,2H2,1H3,(H,11,16)(H,14,15). The zero-order valence-electron chi connectivity index (χ0n) is 8.48. The zero-order chi connectivity index (χ0) is 13.2. The lowest BCUT2D eigenvalue weighted by molar-refractivity contribution is -0.188. The van der Waals surface area contributed by atoms with Crippen LogP contribution in [-0.4, -0.2) is 37.8 Å². The quantitative estimate of drug-likeness (QED) is 0.777. The lowest BCUT2D eigenvalue weighted by atomic mass is 10.2. The largest absolute Gasteiger partial charge is 0.481 e. The van der Waals surface area contributed by atoms with E-state index in [1.807, 2.05) is 5.10 Å². The number of halogens is 3. The molecule has 1 heterocycles. The van der Waals surface area contributed by atoms with E-state index < -0.39 is 29.5 Å². The second-order valence-corrected chi connectivity index (χ2v) is 4.10. The first-order valence-corrected chi connectivity index (χ1v) is 5.25. The predicted octanol–water partition coefficient (Wildman–Crippen LogP) is 0.464. The Labute approximate surface area is 96.8 Å². The molecular formula is C7H8F3N3O3S. The Hall–Kier alpha value is -1.45. The molecule has 0 spiro atoms. The van der Waals surface area contributed by atoms with Crippen LogP contribution in [-0.2, 0) is 11.8 Å². The van der Waals surface area contributed by atoms with Crippen molar-refractivity contribution in [3.05, 3.63) is 10.5 Å². The molecule has 10 heteroatoms. The van der Waals surface area contributed by atoms with Crippen LogP contribution in [0.4, 0.5) is 13.2 Å². The van der Waals surface area contributed by atoms with Crippen molar-refractivity contribution in [3.63, 3.8) is 0 Å². The van der Waals surface area contributed by atoms with E-state index in [0.29, 0.717) is 11.8 Å². The van der Waals surface area contributed by atoms with Gasteiger partial charge in [0.25, 0.3) is 0 Å². The Morgan fingerprint density at radius 2 is 2.24 bits per heavy atom. The number of alkyl halides is 3. The van der Waals surface area contributed by atoms with Gasteiger partial charge in [0.2, 0.25) is 0 Å². The van der Waals surface area contributed by atoms with Crippen LogP contribution in [0.2, 0.25) is 0 Å². The highest BCUT2D eigenvalue weighted by molar-refractivity contribution is 7.99. The van der Waals surface area contributed by atoms with Gasteiger partial charge < -0.3 is 5.11 Å². The molecule has 0 radical (unpaired) electrons. The molecular weight excluding hydrogens is 263 g/mol. The van der Waals surface area contributed by atoms with Crippen molar-refractivity contribution in [1.82, 2.24) is 14.8 Å². The Morgan fingerprint density at radius 1 is 1.65 bits per heavy atom. The summed E-state index contributed by atoms with van der Waals surface area (Å²) in [5.41, 5.74) is -0.577. The molecule has 0 saturated heterocycles. The van der Waals surface area contributed by atoms with Crippen LogP contribution in [0, 0.1) is 5.92 Å². The fourth-order valence-corrected chi connectivity index (χ4v) is 1.96. The number of hydrogen-bond acceptors (Lipinski definition) is 4. The molecule has 1 aromatic heterocycles. The summed E-state index contributed by atoms with van der Waals surface area (Å²) in [4.78, 5) is 21.3. The average molecular weight is 271 g/mol. The molecule has 0 aliphatic heterocycles. The number of nitrogens with one attached hydrogen (secondary N) is 1. The van der Waals surface area contributed by atoms with Crippen LogP contribution in [0.15, 0.2) is 9.95 Å². The first-order valence-electron chi connectivity index (χ1n) is 4.27. The predicted molar refractivity (Wildman–Crippen MR) is 51.7 cm³/mol. The molecule has 1 unspecified atom stereocenters. The van der Waals surface area contributed by atoms with Crippen molar-refractivity contribution in [1.29, 1.82) is 0 Å². The number of carboxylic acid groups (broad SMARTS) is 1. The lowest BCUT2D eigenvalue weighted by Gasteiger charge is -2.14. The Bertz CT molecular complexity index is 467. The second-order valence-electron chi connectivity index (χ2n) is 3.11. The van der Waals surface area contributed by atoms with Gasteiger partial charge in [0.05, 0.1) is 0 Å². The molecule has 0 bridgehead atoms. The highest BCUT2D eigenvalue weighted by Gasteiger charge is 2.45. The smallest absolute Gasteiger partial charge is 0.403 e. The fraction of sp³-hybridized carbons (Fsp3) is 0.571. The van der Waals surface area contributed by atoms with Gasteiger partial charge in [-0.1, -0.05) is 11.8 Å². The molecule has 0 fully saturated rings. The molecule has 1 atom stereocenters. The number of aromatic amines is 1. The van der Waals surface area contributed by atoms with Gasteiger partial charge in [-0.05, 0) is 0 Å². The summed E-state index contributed by atoms with van der Waals surface area (Å²) in [5.74, 6) is -5.18. The summed E-state index contributed by atoms with van der Waals surface area (Å²) in [6.45, 7) is 0. The molecule has 2 N–H and O–H groups in total. The van der Waals surface area contributed by atoms with Crippen molar-refractivity contribution >= 4 is 17.7 Å². The molecule has 6 nitrogen and oxygen atoms in total. The van der Waals surface area contributed by atoms with Crippen LogP contribution < -0.4 is 5.69 Å². The Balaban J connectivity index is 2.75. The molecule has 0 amide bonds. The van der Waals surface area contributed by atoms with E-state index >= 15 is 0 Å². The van der Waals surface area contributed by atoms with Crippen molar-refractivity contribution in [2.75, 3.05) is 5.75 Å². The maximum atomic E-state index is 12.3. The molecule has 0 saturated carbocycles. The summed E-state index contributed by atoms with van der Waals surface area (Å²) >= 11 is 0.551. The molecule has 0 aromatic carbocycles. The van der Waals surface area contributed by atoms with Crippen molar-refractivity contribution in [2.24, 2.45) is 13.0 Å². The number of carboxylic acids is 1.